The minimum atomic E-state index is -0.389. The Morgan fingerprint density at radius 2 is 1.52 bits per heavy atom. The minimum Gasteiger partial charge on any atom is -0.508 e. The van der Waals surface area contributed by atoms with Gasteiger partial charge in [0.05, 0.1) is 0 Å². The van der Waals surface area contributed by atoms with Crippen LogP contribution in [0.4, 0.5) is 4.39 Å². The molecule has 0 aliphatic heterocycles. The molecule has 1 unspecified atom stereocenters. The number of nitrogens with zero attached hydrogens (tertiary/aromatic N) is 1. The summed E-state index contributed by atoms with van der Waals surface area (Å²) in [6.07, 6.45) is 2.26. The van der Waals surface area contributed by atoms with E-state index in [9.17, 15) is 9.50 Å². The van der Waals surface area contributed by atoms with Crippen LogP contribution >= 0.6 is 0 Å². The fraction of sp³-hybridized carbons (Fsp3) is 0.667. The number of aromatic hydroxyl groups is 1. The van der Waals surface area contributed by atoms with Crippen molar-refractivity contribution in [3.8, 4) is 5.75 Å². The zero-order valence-corrected chi connectivity index (χ0v) is 14.1. The molecule has 21 heavy (non-hydrogen) atoms. The van der Waals surface area contributed by atoms with Gasteiger partial charge in [-0.15, -0.1) is 0 Å². The van der Waals surface area contributed by atoms with Crippen LogP contribution in [0.3, 0.4) is 0 Å². The molecule has 0 radical (unpaired) electrons. The molecule has 0 spiro atoms. The Labute approximate surface area is 129 Å². The summed E-state index contributed by atoms with van der Waals surface area (Å²) in [5.74, 6) is 0.974. The van der Waals surface area contributed by atoms with E-state index in [1.165, 1.54) is 12.1 Å². The van der Waals surface area contributed by atoms with Gasteiger partial charge in [-0.05, 0) is 50.8 Å². The highest BCUT2D eigenvalue weighted by Gasteiger charge is 2.19. The van der Waals surface area contributed by atoms with Crippen molar-refractivity contribution in [1.82, 2.24) is 4.90 Å². The van der Waals surface area contributed by atoms with E-state index in [1.807, 2.05) is 0 Å². The van der Waals surface area contributed by atoms with Crippen molar-refractivity contribution in [2.75, 3.05) is 13.1 Å². The highest BCUT2D eigenvalue weighted by Crippen LogP contribution is 2.29. The lowest BCUT2D eigenvalue weighted by Gasteiger charge is -2.31. The van der Waals surface area contributed by atoms with Crippen LogP contribution in [-0.4, -0.2) is 23.1 Å². The van der Waals surface area contributed by atoms with Crippen molar-refractivity contribution >= 4 is 0 Å². The van der Waals surface area contributed by atoms with Gasteiger partial charge in [-0.2, -0.15) is 0 Å². The second-order valence-corrected chi connectivity index (χ2v) is 6.78. The Morgan fingerprint density at radius 3 is 1.95 bits per heavy atom. The van der Waals surface area contributed by atoms with Crippen LogP contribution in [0.15, 0.2) is 18.2 Å². The summed E-state index contributed by atoms with van der Waals surface area (Å²) in [7, 11) is 0. The van der Waals surface area contributed by atoms with E-state index >= 15 is 0 Å². The van der Waals surface area contributed by atoms with Crippen LogP contribution in [0.25, 0.3) is 0 Å². The zero-order chi connectivity index (χ0) is 16.0. The highest BCUT2D eigenvalue weighted by molar-refractivity contribution is 5.34. The second kappa shape index (κ2) is 8.38. The monoisotopic (exact) mass is 295 g/mol. The molecule has 1 aromatic rings. The quantitative estimate of drug-likeness (QED) is 0.730. The van der Waals surface area contributed by atoms with Crippen molar-refractivity contribution in [3.05, 3.63) is 29.6 Å². The summed E-state index contributed by atoms with van der Waals surface area (Å²) >= 11 is 0. The Hall–Kier alpha value is -1.09. The fourth-order valence-electron chi connectivity index (χ4n) is 2.41. The standard InChI is InChI=1S/C18H30FNO/c1-13(2)8-10-20(11-9-14(3)4)15(5)17-7-6-16(19)12-18(17)21/h6-7,12-15,21H,8-11H2,1-5H3. The normalized spacial score (nSPS) is 13.4. The summed E-state index contributed by atoms with van der Waals surface area (Å²) < 4.78 is 13.1. The van der Waals surface area contributed by atoms with E-state index in [1.54, 1.807) is 6.07 Å². The van der Waals surface area contributed by atoms with Gasteiger partial charge in [0.25, 0.3) is 0 Å². The first-order valence-electron chi connectivity index (χ1n) is 8.03. The number of halogens is 1. The minimum absolute atomic E-state index is 0.0570. The maximum absolute atomic E-state index is 13.1. The number of rotatable bonds is 8. The molecule has 1 atom stereocenters. The maximum Gasteiger partial charge on any atom is 0.126 e. The molecular formula is C18H30FNO. The van der Waals surface area contributed by atoms with E-state index in [2.05, 4.69) is 39.5 Å². The summed E-state index contributed by atoms with van der Waals surface area (Å²) in [6, 6.07) is 4.43. The fourth-order valence-corrected chi connectivity index (χ4v) is 2.41. The molecule has 120 valence electrons. The third kappa shape index (κ3) is 6.04. The lowest BCUT2D eigenvalue weighted by Crippen LogP contribution is -2.30. The van der Waals surface area contributed by atoms with Gasteiger partial charge >= 0.3 is 0 Å². The third-order valence-corrected chi connectivity index (χ3v) is 3.98. The molecule has 0 bridgehead atoms. The van der Waals surface area contributed by atoms with Crippen molar-refractivity contribution in [3.63, 3.8) is 0 Å². The van der Waals surface area contributed by atoms with Gasteiger partial charge in [-0.25, -0.2) is 4.39 Å². The van der Waals surface area contributed by atoms with E-state index < -0.39 is 0 Å². The molecule has 0 amide bonds. The summed E-state index contributed by atoms with van der Waals surface area (Å²) in [6.45, 7) is 13.0. The lowest BCUT2D eigenvalue weighted by atomic mass is 10.0. The van der Waals surface area contributed by atoms with Gasteiger partial charge in [0.2, 0.25) is 0 Å². The number of hydrogen-bond donors (Lipinski definition) is 1. The molecule has 0 saturated carbocycles. The lowest BCUT2D eigenvalue weighted by molar-refractivity contribution is 0.186. The van der Waals surface area contributed by atoms with E-state index in [0.29, 0.717) is 11.8 Å². The Bertz CT molecular complexity index is 419. The maximum atomic E-state index is 13.1. The van der Waals surface area contributed by atoms with Gasteiger partial charge in [0, 0.05) is 17.7 Å². The SMILES string of the molecule is CC(C)CCN(CCC(C)C)C(C)c1ccc(F)cc1O. The largest absolute Gasteiger partial charge is 0.508 e. The van der Waals surface area contributed by atoms with Crippen LogP contribution in [0.2, 0.25) is 0 Å². The first-order chi connectivity index (χ1) is 9.81. The van der Waals surface area contributed by atoms with Gasteiger partial charge in [-0.3, -0.25) is 4.90 Å². The molecule has 0 aliphatic rings. The Kier molecular flexibility index (Phi) is 7.16. The van der Waals surface area contributed by atoms with Crippen molar-refractivity contribution in [2.24, 2.45) is 11.8 Å². The smallest absolute Gasteiger partial charge is 0.126 e. The molecule has 2 nitrogen and oxygen atoms in total. The van der Waals surface area contributed by atoms with Gasteiger partial charge in [0.15, 0.2) is 0 Å². The van der Waals surface area contributed by atoms with E-state index in [0.717, 1.165) is 31.5 Å². The first kappa shape index (κ1) is 18.0. The Morgan fingerprint density at radius 1 is 1.00 bits per heavy atom. The predicted molar refractivity (Wildman–Crippen MR) is 87.0 cm³/mol. The van der Waals surface area contributed by atoms with Crippen LogP contribution < -0.4 is 0 Å². The molecule has 0 fully saturated rings. The van der Waals surface area contributed by atoms with Crippen LogP contribution in [0, 0.1) is 17.7 Å². The van der Waals surface area contributed by atoms with Crippen molar-refractivity contribution in [1.29, 1.82) is 0 Å². The molecule has 0 saturated heterocycles. The summed E-state index contributed by atoms with van der Waals surface area (Å²) in [5, 5.41) is 10.00. The molecule has 1 N–H and O–H groups in total. The van der Waals surface area contributed by atoms with Gasteiger partial charge in [0.1, 0.15) is 11.6 Å². The summed E-state index contributed by atoms with van der Waals surface area (Å²) in [4.78, 5) is 2.40. The molecule has 3 heteroatoms. The average molecular weight is 295 g/mol. The van der Waals surface area contributed by atoms with Gasteiger partial charge in [-0.1, -0.05) is 33.8 Å². The highest BCUT2D eigenvalue weighted by atomic mass is 19.1. The van der Waals surface area contributed by atoms with Crippen molar-refractivity contribution in [2.45, 2.75) is 53.5 Å². The summed E-state index contributed by atoms with van der Waals surface area (Å²) in [5.41, 5.74) is 0.809. The number of phenols is 1. The molecule has 0 aliphatic carbocycles. The topological polar surface area (TPSA) is 23.5 Å². The second-order valence-electron chi connectivity index (χ2n) is 6.78. The molecular weight excluding hydrogens is 265 g/mol. The van der Waals surface area contributed by atoms with Gasteiger partial charge < -0.3 is 5.11 Å². The van der Waals surface area contributed by atoms with Crippen LogP contribution in [0.5, 0.6) is 5.75 Å². The molecule has 1 rings (SSSR count). The number of phenolic OH excluding ortho intramolecular Hbond substituents is 1. The number of benzene rings is 1. The third-order valence-electron chi connectivity index (χ3n) is 3.98. The number of hydrogen-bond acceptors (Lipinski definition) is 2. The van der Waals surface area contributed by atoms with E-state index in [4.69, 9.17) is 0 Å². The predicted octanol–water partition coefficient (Wildman–Crippen LogP) is 4.99. The molecule has 0 heterocycles. The van der Waals surface area contributed by atoms with Crippen LogP contribution in [0.1, 0.15) is 59.1 Å². The zero-order valence-electron chi connectivity index (χ0n) is 14.1. The first-order valence-corrected chi connectivity index (χ1v) is 8.03. The molecule has 0 aromatic heterocycles. The Balaban J connectivity index is 2.83. The molecule has 1 aromatic carbocycles. The van der Waals surface area contributed by atoms with E-state index in [-0.39, 0.29) is 17.6 Å². The van der Waals surface area contributed by atoms with Crippen LogP contribution in [-0.2, 0) is 0 Å². The average Bonchev–Trinajstić information content (AvgIpc) is 2.37. The van der Waals surface area contributed by atoms with Crippen molar-refractivity contribution < 1.29 is 9.50 Å².